The molecule has 2 aromatic rings. The summed E-state index contributed by atoms with van der Waals surface area (Å²) in [4.78, 5) is 12.0. The summed E-state index contributed by atoms with van der Waals surface area (Å²) in [6.07, 6.45) is 0. The first-order valence-electron chi connectivity index (χ1n) is 5.99. The van der Waals surface area contributed by atoms with Crippen molar-refractivity contribution in [3.8, 4) is 6.07 Å². The standard InChI is InChI=1S/C14H14N4OS/c1-17-13(19)12-11(16)10(7-15)14(20-12)18-8-9-5-3-2-4-6-9/h2-6,18H,8,16H2,1H3,(H,17,19). The summed E-state index contributed by atoms with van der Waals surface area (Å²) in [6.45, 7) is 0.572. The van der Waals surface area contributed by atoms with E-state index in [2.05, 4.69) is 10.6 Å². The number of nitrogens with two attached hydrogens (primary N) is 1. The molecule has 0 spiro atoms. The van der Waals surface area contributed by atoms with E-state index in [1.54, 1.807) is 0 Å². The number of rotatable bonds is 4. The SMILES string of the molecule is CNC(=O)c1sc(NCc2ccccc2)c(C#N)c1N. The van der Waals surface area contributed by atoms with E-state index in [1.807, 2.05) is 36.4 Å². The predicted molar refractivity (Wildman–Crippen MR) is 80.6 cm³/mol. The third kappa shape index (κ3) is 2.73. The number of thiophene rings is 1. The van der Waals surface area contributed by atoms with Crippen molar-refractivity contribution in [3.63, 3.8) is 0 Å². The van der Waals surface area contributed by atoms with Gasteiger partial charge in [-0.2, -0.15) is 5.26 Å². The molecule has 0 aliphatic heterocycles. The Hall–Kier alpha value is -2.52. The Labute approximate surface area is 121 Å². The molecule has 4 N–H and O–H groups in total. The molecule has 6 heteroatoms. The number of nitrogens with one attached hydrogen (secondary N) is 2. The maximum absolute atomic E-state index is 11.7. The van der Waals surface area contributed by atoms with E-state index < -0.39 is 0 Å². The number of nitriles is 1. The summed E-state index contributed by atoms with van der Waals surface area (Å²) < 4.78 is 0. The molecule has 1 aromatic heterocycles. The first kappa shape index (κ1) is 13.9. The Bertz CT molecular complexity index is 658. The molecular weight excluding hydrogens is 272 g/mol. The molecule has 0 saturated carbocycles. The average molecular weight is 286 g/mol. The molecule has 0 aliphatic rings. The van der Waals surface area contributed by atoms with Gasteiger partial charge in [0, 0.05) is 13.6 Å². The van der Waals surface area contributed by atoms with Crippen LogP contribution in [-0.4, -0.2) is 13.0 Å². The van der Waals surface area contributed by atoms with E-state index in [4.69, 9.17) is 11.0 Å². The normalized spacial score (nSPS) is 9.80. The monoisotopic (exact) mass is 286 g/mol. The zero-order valence-corrected chi connectivity index (χ0v) is 11.8. The van der Waals surface area contributed by atoms with Gasteiger partial charge in [-0.15, -0.1) is 11.3 Å². The molecule has 0 saturated heterocycles. The number of carbonyl (C=O) groups is 1. The molecule has 1 heterocycles. The highest BCUT2D eigenvalue weighted by molar-refractivity contribution is 7.18. The number of anilines is 2. The summed E-state index contributed by atoms with van der Waals surface area (Å²) in [5.41, 5.74) is 7.49. The van der Waals surface area contributed by atoms with Gasteiger partial charge in [-0.05, 0) is 5.56 Å². The number of benzene rings is 1. The number of nitrogen functional groups attached to an aromatic ring is 1. The second-order valence-corrected chi connectivity index (χ2v) is 5.10. The fraction of sp³-hybridized carbons (Fsp3) is 0.143. The largest absolute Gasteiger partial charge is 0.396 e. The second kappa shape index (κ2) is 6.08. The summed E-state index contributed by atoms with van der Waals surface area (Å²) in [5, 5.41) is 15.5. The van der Waals surface area contributed by atoms with E-state index in [0.29, 0.717) is 22.0 Å². The van der Waals surface area contributed by atoms with Crippen LogP contribution in [0.4, 0.5) is 10.7 Å². The molecule has 0 fully saturated rings. The van der Waals surface area contributed by atoms with Crippen molar-refractivity contribution in [1.29, 1.82) is 5.26 Å². The van der Waals surface area contributed by atoms with E-state index >= 15 is 0 Å². The van der Waals surface area contributed by atoms with Crippen LogP contribution in [0.25, 0.3) is 0 Å². The van der Waals surface area contributed by atoms with Crippen molar-refractivity contribution in [2.45, 2.75) is 6.54 Å². The first-order valence-corrected chi connectivity index (χ1v) is 6.81. The Morgan fingerprint density at radius 1 is 1.40 bits per heavy atom. The van der Waals surface area contributed by atoms with Crippen molar-refractivity contribution >= 4 is 27.9 Å². The Morgan fingerprint density at radius 2 is 2.10 bits per heavy atom. The number of amides is 1. The minimum Gasteiger partial charge on any atom is -0.396 e. The van der Waals surface area contributed by atoms with E-state index in [1.165, 1.54) is 18.4 Å². The fourth-order valence-electron chi connectivity index (χ4n) is 1.74. The third-order valence-electron chi connectivity index (χ3n) is 2.79. The topological polar surface area (TPSA) is 90.9 Å². The van der Waals surface area contributed by atoms with Crippen LogP contribution in [0.2, 0.25) is 0 Å². The Kier molecular flexibility index (Phi) is 4.23. The smallest absolute Gasteiger partial charge is 0.263 e. The van der Waals surface area contributed by atoms with Crippen LogP contribution >= 0.6 is 11.3 Å². The van der Waals surface area contributed by atoms with E-state index in [0.717, 1.165) is 5.56 Å². The first-order chi connectivity index (χ1) is 9.67. The van der Waals surface area contributed by atoms with Crippen LogP contribution in [0.15, 0.2) is 30.3 Å². The van der Waals surface area contributed by atoms with Gasteiger partial charge in [-0.1, -0.05) is 30.3 Å². The van der Waals surface area contributed by atoms with Crippen molar-refractivity contribution in [3.05, 3.63) is 46.3 Å². The average Bonchev–Trinajstić information content (AvgIpc) is 2.81. The summed E-state index contributed by atoms with van der Waals surface area (Å²) in [7, 11) is 1.53. The van der Waals surface area contributed by atoms with Gasteiger partial charge < -0.3 is 16.4 Å². The number of carbonyl (C=O) groups excluding carboxylic acids is 1. The predicted octanol–water partition coefficient (Wildman–Crippen LogP) is 2.17. The molecule has 102 valence electrons. The highest BCUT2D eigenvalue weighted by atomic mass is 32.1. The van der Waals surface area contributed by atoms with Crippen LogP contribution in [0.1, 0.15) is 20.8 Å². The van der Waals surface area contributed by atoms with Crippen molar-refractivity contribution in [2.24, 2.45) is 0 Å². The molecule has 0 atom stereocenters. The molecule has 1 aromatic carbocycles. The lowest BCUT2D eigenvalue weighted by Crippen LogP contribution is -2.17. The Morgan fingerprint density at radius 3 is 2.70 bits per heavy atom. The molecule has 0 unspecified atom stereocenters. The van der Waals surface area contributed by atoms with Crippen molar-refractivity contribution in [2.75, 3.05) is 18.1 Å². The van der Waals surface area contributed by atoms with Gasteiger partial charge in [-0.25, -0.2) is 0 Å². The quantitative estimate of drug-likeness (QED) is 0.803. The minimum atomic E-state index is -0.281. The molecule has 1 amide bonds. The van der Waals surface area contributed by atoms with Crippen LogP contribution in [-0.2, 0) is 6.54 Å². The van der Waals surface area contributed by atoms with Gasteiger partial charge in [0.25, 0.3) is 5.91 Å². The summed E-state index contributed by atoms with van der Waals surface area (Å²) in [5.74, 6) is -0.281. The van der Waals surface area contributed by atoms with Crippen molar-refractivity contribution in [1.82, 2.24) is 5.32 Å². The van der Waals surface area contributed by atoms with Gasteiger partial charge in [0.05, 0.1) is 5.69 Å². The maximum Gasteiger partial charge on any atom is 0.263 e. The molecule has 0 radical (unpaired) electrons. The van der Waals surface area contributed by atoms with Crippen LogP contribution in [0.5, 0.6) is 0 Å². The van der Waals surface area contributed by atoms with E-state index in [-0.39, 0.29) is 11.6 Å². The zero-order valence-electron chi connectivity index (χ0n) is 10.9. The molecule has 0 aliphatic carbocycles. The van der Waals surface area contributed by atoms with Gasteiger partial charge in [-0.3, -0.25) is 4.79 Å². The highest BCUT2D eigenvalue weighted by Crippen LogP contribution is 2.35. The fourth-order valence-corrected chi connectivity index (χ4v) is 2.75. The zero-order chi connectivity index (χ0) is 14.5. The lowest BCUT2D eigenvalue weighted by atomic mass is 10.2. The molecular formula is C14H14N4OS. The van der Waals surface area contributed by atoms with Gasteiger partial charge in [0.1, 0.15) is 21.5 Å². The third-order valence-corrected chi connectivity index (χ3v) is 3.95. The number of hydrogen-bond acceptors (Lipinski definition) is 5. The van der Waals surface area contributed by atoms with Crippen LogP contribution < -0.4 is 16.4 Å². The van der Waals surface area contributed by atoms with Gasteiger partial charge >= 0.3 is 0 Å². The highest BCUT2D eigenvalue weighted by Gasteiger charge is 2.20. The lowest BCUT2D eigenvalue weighted by Gasteiger charge is -2.04. The molecule has 5 nitrogen and oxygen atoms in total. The lowest BCUT2D eigenvalue weighted by molar-refractivity contribution is 0.0968. The summed E-state index contributed by atoms with van der Waals surface area (Å²) >= 11 is 1.19. The molecule has 20 heavy (non-hydrogen) atoms. The maximum atomic E-state index is 11.7. The molecule has 2 rings (SSSR count). The van der Waals surface area contributed by atoms with E-state index in [9.17, 15) is 4.79 Å². The van der Waals surface area contributed by atoms with Crippen LogP contribution in [0.3, 0.4) is 0 Å². The second-order valence-electron chi connectivity index (χ2n) is 4.08. The van der Waals surface area contributed by atoms with Gasteiger partial charge in [0.15, 0.2) is 0 Å². The number of nitrogens with zero attached hydrogens (tertiary/aromatic N) is 1. The number of hydrogen-bond donors (Lipinski definition) is 3. The molecule has 0 bridgehead atoms. The summed E-state index contributed by atoms with van der Waals surface area (Å²) in [6, 6.07) is 11.8. The van der Waals surface area contributed by atoms with Gasteiger partial charge in [0.2, 0.25) is 0 Å². The van der Waals surface area contributed by atoms with Crippen LogP contribution in [0, 0.1) is 11.3 Å². The Balaban J connectivity index is 2.24. The minimum absolute atomic E-state index is 0.229. The van der Waals surface area contributed by atoms with Crippen molar-refractivity contribution < 1.29 is 4.79 Å².